The first kappa shape index (κ1) is 20.0. The van der Waals surface area contributed by atoms with Gasteiger partial charge in [-0.15, -0.1) is 0 Å². The third kappa shape index (κ3) is 4.39. The first-order valence-corrected chi connectivity index (χ1v) is 8.71. The van der Waals surface area contributed by atoms with Gasteiger partial charge in [0.15, 0.2) is 6.79 Å². The molecule has 1 N–H and O–H groups in total. The maximum atomic E-state index is 11.8. The molecule has 3 aromatic rings. The first-order valence-electron chi connectivity index (χ1n) is 8.71. The fraction of sp³-hybridized carbons (Fsp3) is 0.0870. The number of carboxylic acids is 1. The van der Waals surface area contributed by atoms with Gasteiger partial charge in [0.05, 0.1) is 5.56 Å². The quantitative estimate of drug-likeness (QED) is 0.455. The number of carbonyl (C=O) groups is 3. The highest BCUT2D eigenvalue weighted by molar-refractivity contribution is 5.96. The zero-order valence-corrected chi connectivity index (χ0v) is 15.6. The molecule has 0 atom stereocenters. The number of aldehydes is 2. The lowest BCUT2D eigenvalue weighted by atomic mass is 9.93. The van der Waals surface area contributed by atoms with Gasteiger partial charge in [-0.2, -0.15) is 0 Å². The lowest BCUT2D eigenvalue weighted by molar-refractivity contribution is 0.0519. The van der Waals surface area contributed by atoms with Gasteiger partial charge in [0.2, 0.25) is 0 Å². The van der Waals surface area contributed by atoms with Crippen LogP contribution in [0.5, 0.6) is 5.75 Å². The second kappa shape index (κ2) is 8.95. The van der Waals surface area contributed by atoms with Gasteiger partial charge in [0.1, 0.15) is 18.3 Å². The number of carbonyl (C=O) groups excluding carboxylic acids is 2. The molecule has 0 heterocycles. The predicted molar refractivity (Wildman–Crippen MR) is 108 cm³/mol. The summed E-state index contributed by atoms with van der Waals surface area (Å²) in [5.41, 5.74) is 3.19. The second-order valence-corrected chi connectivity index (χ2v) is 6.24. The van der Waals surface area contributed by atoms with Gasteiger partial charge in [-0.25, -0.2) is 4.79 Å². The maximum absolute atomic E-state index is 11.8. The van der Waals surface area contributed by atoms with Crippen molar-refractivity contribution in [1.29, 1.82) is 0 Å². The van der Waals surface area contributed by atoms with Crippen molar-refractivity contribution < 1.29 is 29.0 Å². The van der Waals surface area contributed by atoms with Crippen LogP contribution in [0.25, 0.3) is 22.3 Å². The van der Waals surface area contributed by atoms with Crippen LogP contribution in [0.4, 0.5) is 0 Å². The van der Waals surface area contributed by atoms with E-state index in [0.29, 0.717) is 51.7 Å². The van der Waals surface area contributed by atoms with Gasteiger partial charge < -0.3 is 14.6 Å². The van der Waals surface area contributed by atoms with E-state index in [-0.39, 0.29) is 12.4 Å². The van der Waals surface area contributed by atoms with E-state index in [4.69, 9.17) is 9.47 Å². The van der Waals surface area contributed by atoms with E-state index in [0.717, 1.165) is 0 Å². The first-order chi connectivity index (χ1) is 14.1. The summed E-state index contributed by atoms with van der Waals surface area (Å²) in [5, 5.41) is 9.62. The Hall–Kier alpha value is -3.77. The molecule has 0 aromatic heterocycles. The Morgan fingerprint density at radius 2 is 1.41 bits per heavy atom. The molecule has 0 aliphatic carbocycles. The molecule has 0 saturated heterocycles. The van der Waals surface area contributed by atoms with Crippen LogP contribution in [-0.4, -0.2) is 37.6 Å². The summed E-state index contributed by atoms with van der Waals surface area (Å²) in [6.45, 7) is -0.0623. The van der Waals surface area contributed by atoms with E-state index in [1.165, 1.54) is 19.2 Å². The lowest BCUT2D eigenvalue weighted by Gasteiger charge is -2.18. The summed E-state index contributed by atoms with van der Waals surface area (Å²) >= 11 is 0. The smallest absolute Gasteiger partial charge is 0.335 e. The number of benzene rings is 3. The van der Waals surface area contributed by atoms with Gasteiger partial charge in [-0.05, 0) is 35.4 Å². The van der Waals surface area contributed by atoms with Crippen LogP contribution in [0.15, 0.2) is 60.7 Å². The van der Waals surface area contributed by atoms with Crippen molar-refractivity contribution in [2.75, 3.05) is 13.9 Å². The Bertz CT molecular complexity index is 998. The Morgan fingerprint density at radius 3 is 1.83 bits per heavy atom. The van der Waals surface area contributed by atoms with Crippen molar-refractivity contribution in [2.24, 2.45) is 0 Å². The molecule has 0 bridgehead atoms. The second-order valence-electron chi connectivity index (χ2n) is 6.24. The molecule has 0 fully saturated rings. The summed E-state index contributed by atoms with van der Waals surface area (Å²) in [6, 6.07) is 16.5. The monoisotopic (exact) mass is 390 g/mol. The molecule has 0 spiro atoms. The molecule has 146 valence electrons. The van der Waals surface area contributed by atoms with Crippen LogP contribution in [-0.2, 0) is 4.74 Å². The van der Waals surface area contributed by atoms with E-state index in [2.05, 4.69) is 0 Å². The highest BCUT2D eigenvalue weighted by atomic mass is 16.7. The zero-order valence-electron chi connectivity index (χ0n) is 15.6. The predicted octanol–water partition coefficient (Wildman–Crippen LogP) is 4.33. The van der Waals surface area contributed by atoms with Gasteiger partial charge in [0, 0.05) is 29.4 Å². The third-order valence-corrected chi connectivity index (χ3v) is 4.32. The van der Waals surface area contributed by atoms with Crippen molar-refractivity contribution in [3.05, 3.63) is 77.4 Å². The minimum Gasteiger partial charge on any atom is -0.478 e. The van der Waals surface area contributed by atoms with E-state index in [9.17, 15) is 19.5 Å². The summed E-state index contributed by atoms with van der Waals surface area (Å²) in [5.74, 6) is -0.716. The van der Waals surface area contributed by atoms with Gasteiger partial charge >= 0.3 is 5.97 Å². The molecule has 3 aromatic carbocycles. The Labute approximate surface area is 167 Å². The molecular weight excluding hydrogens is 372 g/mol. The van der Waals surface area contributed by atoms with Crippen molar-refractivity contribution in [1.82, 2.24) is 0 Å². The van der Waals surface area contributed by atoms with Crippen LogP contribution in [0.1, 0.15) is 31.1 Å². The molecule has 3 rings (SSSR count). The lowest BCUT2D eigenvalue weighted by Crippen LogP contribution is -2.05. The van der Waals surface area contributed by atoms with Crippen LogP contribution in [0, 0.1) is 0 Å². The Morgan fingerprint density at radius 1 is 0.897 bits per heavy atom. The zero-order chi connectivity index (χ0) is 20.8. The Kier molecular flexibility index (Phi) is 6.16. The van der Waals surface area contributed by atoms with Crippen molar-refractivity contribution in [2.45, 2.75) is 0 Å². The molecule has 0 radical (unpaired) electrons. The number of hydrogen-bond donors (Lipinski definition) is 1. The van der Waals surface area contributed by atoms with Crippen molar-refractivity contribution >= 4 is 18.5 Å². The minimum atomic E-state index is -1.11. The van der Waals surface area contributed by atoms with E-state index >= 15 is 0 Å². The summed E-state index contributed by atoms with van der Waals surface area (Å²) in [6.07, 6.45) is 1.43. The molecule has 0 unspecified atom stereocenters. The number of methoxy groups -OCH3 is 1. The molecule has 0 amide bonds. The summed E-state index contributed by atoms with van der Waals surface area (Å²) < 4.78 is 10.9. The van der Waals surface area contributed by atoms with Gasteiger partial charge in [-0.3, -0.25) is 9.59 Å². The number of aromatic carboxylic acids is 1. The molecule has 0 aliphatic rings. The molecule has 29 heavy (non-hydrogen) atoms. The SMILES string of the molecule is COCOc1c(-c2cccc(C=O)c2)cc(C(=O)O)cc1-c1cccc(C=O)c1. The number of carboxylic acid groups (broad SMARTS) is 1. The van der Waals surface area contributed by atoms with Crippen molar-refractivity contribution in [3.63, 3.8) is 0 Å². The van der Waals surface area contributed by atoms with E-state index < -0.39 is 5.97 Å². The normalized spacial score (nSPS) is 10.4. The molecule has 6 nitrogen and oxygen atoms in total. The van der Waals surface area contributed by atoms with E-state index in [1.54, 1.807) is 48.5 Å². The molecule has 0 saturated carbocycles. The van der Waals surface area contributed by atoms with Crippen LogP contribution in [0.2, 0.25) is 0 Å². The largest absolute Gasteiger partial charge is 0.478 e. The van der Waals surface area contributed by atoms with Crippen LogP contribution >= 0.6 is 0 Å². The molecular formula is C23H18O6. The van der Waals surface area contributed by atoms with Crippen molar-refractivity contribution in [3.8, 4) is 28.0 Å². The summed E-state index contributed by atoms with van der Waals surface area (Å²) in [4.78, 5) is 34.2. The number of rotatable bonds is 8. The molecule has 0 aliphatic heterocycles. The fourth-order valence-electron chi connectivity index (χ4n) is 3.01. The average molecular weight is 390 g/mol. The standard InChI is InChI=1S/C23H18O6/c1-28-14-29-22-20(17-6-2-4-15(8-17)12-24)10-19(23(26)27)11-21(22)18-7-3-5-16(9-18)13-25/h2-13H,14H2,1H3,(H,26,27). The fourth-order valence-corrected chi connectivity index (χ4v) is 3.01. The molecule has 6 heteroatoms. The number of ether oxygens (including phenoxy) is 2. The van der Waals surface area contributed by atoms with Gasteiger partial charge in [0.25, 0.3) is 0 Å². The maximum Gasteiger partial charge on any atom is 0.335 e. The van der Waals surface area contributed by atoms with Crippen LogP contribution < -0.4 is 4.74 Å². The summed E-state index contributed by atoms with van der Waals surface area (Å²) in [7, 11) is 1.48. The highest BCUT2D eigenvalue weighted by Gasteiger charge is 2.19. The third-order valence-electron chi connectivity index (χ3n) is 4.32. The van der Waals surface area contributed by atoms with E-state index in [1.807, 2.05) is 0 Å². The highest BCUT2D eigenvalue weighted by Crippen LogP contribution is 2.41. The topological polar surface area (TPSA) is 89.9 Å². The van der Waals surface area contributed by atoms with Gasteiger partial charge in [-0.1, -0.05) is 36.4 Å². The minimum absolute atomic E-state index is 0.0489. The Balaban J connectivity index is 2.33. The average Bonchev–Trinajstić information content (AvgIpc) is 2.77. The van der Waals surface area contributed by atoms with Crippen LogP contribution in [0.3, 0.4) is 0 Å². The number of hydrogen-bond acceptors (Lipinski definition) is 5.